The van der Waals surface area contributed by atoms with Crippen LogP contribution in [0.15, 0.2) is 58.1 Å². The number of hydrogen-bond acceptors (Lipinski definition) is 2. The summed E-state index contributed by atoms with van der Waals surface area (Å²) in [6, 6.07) is 15.9. The zero-order chi connectivity index (χ0) is 12.1. The highest BCUT2D eigenvalue weighted by atomic mass is 127. The monoisotopic (exact) mass is 400 g/mol. The summed E-state index contributed by atoms with van der Waals surface area (Å²) in [6.45, 7) is 0. The van der Waals surface area contributed by atoms with Crippen LogP contribution in [0.3, 0.4) is 0 Å². The van der Waals surface area contributed by atoms with E-state index in [1.54, 1.807) is 0 Å². The lowest BCUT2D eigenvalue weighted by molar-refractivity contribution is 1.34. The molecule has 0 saturated heterocycles. The van der Waals surface area contributed by atoms with Crippen LogP contribution in [0.1, 0.15) is 5.56 Å². The van der Waals surface area contributed by atoms with Crippen LogP contribution in [0.2, 0.25) is 0 Å². The normalized spacial score (nSPS) is 10.7. The van der Waals surface area contributed by atoms with Crippen molar-refractivity contribution in [3.05, 3.63) is 62.1 Å². The molecule has 0 radical (unpaired) electrons. The van der Waals surface area contributed by atoms with Gasteiger partial charge < -0.3 is 0 Å². The van der Waals surface area contributed by atoms with E-state index in [2.05, 4.69) is 55.1 Å². The van der Waals surface area contributed by atoms with Crippen LogP contribution in [0.5, 0.6) is 0 Å². The average molecular weight is 401 g/mol. The number of anilines is 1. The number of nitrogens with zero attached hydrogens (tertiary/aromatic N) is 1. The minimum Gasteiger partial charge on any atom is -0.279 e. The molecule has 0 aliphatic rings. The van der Waals surface area contributed by atoms with Crippen molar-refractivity contribution in [3.63, 3.8) is 0 Å². The fraction of sp³-hybridized carbons (Fsp3) is 0. The van der Waals surface area contributed by atoms with E-state index < -0.39 is 0 Å². The largest absolute Gasteiger partial charge is 0.279 e. The molecule has 2 nitrogen and oxygen atoms in total. The first-order chi connectivity index (χ1) is 8.27. The minimum absolute atomic E-state index is 0.978. The smallest absolute Gasteiger partial charge is 0.0566 e. The number of halogens is 2. The Kier molecular flexibility index (Phi) is 4.56. The number of hydrazone groups is 1. The van der Waals surface area contributed by atoms with Gasteiger partial charge in [-0.05, 0) is 46.9 Å². The minimum atomic E-state index is 0.978. The third-order valence-corrected chi connectivity index (χ3v) is 3.79. The Bertz CT molecular complexity index is 506. The molecule has 4 heteroatoms. The van der Waals surface area contributed by atoms with E-state index in [-0.39, 0.29) is 0 Å². The van der Waals surface area contributed by atoms with Gasteiger partial charge in [-0.3, -0.25) is 5.43 Å². The molecule has 0 bridgehead atoms. The predicted octanol–water partition coefficient (Wildman–Crippen LogP) is 4.50. The van der Waals surface area contributed by atoms with Crippen LogP contribution >= 0.6 is 38.5 Å². The summed E-state index contributed by atoms with van der Waals surface area (Å²) in [4.78, 5) is 0. The van der Waals surface area contributed by atoms with Crippen LogP contribution in [-0.4, -0.2) is 6.21 Å². The summed E-state index contributed by atoms with van der Waals surface area (Å²) < 4.78 is 2.21. The van der Waals surface area contributed by atoms with Gasteiger partial charge in [-0.2, -0.15) is 5.10 Å². The molecule has 0 fully saturated rings. The fourth-order valence-corrected chi connectivity index (χ4v) is 2.79. The first-order valence-electron chi connectivity index (χ1n) is 5.05. The molecule has 2 aromatic carbocycles. The van der Waals surface area contributed by atoms with Gasteiger partial charge in [0, 0.05) is 13.6 Å². The summed E-state index contributed by atoms with van der Waals surface area (Å²) in [6.07, 6.45) is 1.82. The molecule has 0 aliphatic heterocycles. The number of para-hydroxylation sites is 1. The second-order valence-electron chi connectivity index (χ2n) is 3.37. The summed E-state index contributed by atoms with van der Waals surface area (Å²) in [7, 11) is 0. The summed E-state index contributed by atoms with van der Waals surface area (Å²) in [5.74, 6) is 0. The standard InChI is InChI=1S/C13H10BrIN2/c14-12-7-4-8-13(15)11(12)9-16-17-10-5-2-1-3-6-10/h1-9,17H. The van der Waals surface area contributed by atoms with E-state index in [4.69, 9.17) is 0 Å². The van der Waals surface area contributed by atoms with Crippen LogP contribution in [0.25, 0.3) is 0 Å². The Morgan fingerprint density at radius 1 is 1.06 bits per heavy atom. The van der Waals surface area contributed by atoms with Crippen molar-refractivity contribution in [1.82, 2.24) is 0 Å². The maximum absolute atomic E-state index is 4.22. The molecule has 0 spiro atoms. The number of rotatable bonds is 3. The third-order valence-electron chi connectivity index (χ3n) is 2.16. The van der Waals surface area contributed by atoms with Crippen molar-refractivity contribution in [2.75, 3.05) is 5.43 Å². The Morgan fingerprint density at radius 3 is 2.53 bits per heavy atom. The van der Waals surface area contributed by atoms with E-state index in [1.165, 1.54) is 0 Å². The van der Waals surface area contributed by atoms with E-state index >= 15 is 0 Å². The van der Waals surface area contributed by atoms with E-state index in [0.717, 1.165) is 19.3 Å². The van der Waals surface area contributed by atoms with Crippen molar-refractivity contribution in [3.8, 4) is 0 Å². The highest BCUT2D eigenvalue weighted by molar-refractivity contribution is 14.1. The molecular weight excluding hydrogens is 391 g/mol. The van der Waals surface area contributed by atoms with E-state index in [9.17, 15) is 0 Å². The average Bonchev–Trinajstić information content (AvgIpc) is 2.34. The van der Waals surface area contributed by atoms with Crippen LogP contribution in [-0.2, 0) is 0 Å². The highest BCUT2D eigenvalue weighted by Gasteiger charge is 2.00. The first-order valence-corrected chi connectivity index (χ1v) is 6.92. The van der Waals surface area contributed by atoms with Crippen molar-refractivity contribution >= 4 is 50.4 Å². The highest BCUT2D eigenvalue weighted by Crippen LogP contribution is 2.20. The molecule has 0 amide bonds. The molecule has 2 rings (SSSR count). The molecule has 86 valence electrons. The lowest BCUT2D eigenvalue weighted by Crippen LogP contribution is -1.93. The number of nitrogens with one attached hydrogen (secondary N) is 1. The Balaban J connectivity index is 2.11. The molecule has 1 N–H and O–H groups in total. The van der Waals surface area contributed by atoms with Gasteiger partial charge in [-0.25, -0.2) is 0 Å². The van der Waals surface area contributed by atoms with Gasteiger partial charge >= 0.3 is 0 Å². The number of hydrogen-bond donors (Lipinski definition) is 1. The van der Waals surface area contributed by atoms with Crippen LogP contribution in [0.4, 0.5) is 5.69 Å². The molecule has 0 aromatic heterocycles. The molecule has 0 aliphatic carbocycles. The van der Waals surface area contributed by atoms with E-state index in [1.807, 2.05) is 48.7 Å². The predicted molar refractivity (Wildman–Crippen MR) is 84.5 cm³/mol. The molecule has 0 unspecified atom stereocenters. The van der Waals surface area contributed by atoms with Gasteiger partial charge in [0.25, 0.3) is 0 Å². The zero-order valence-corrected chi connectivity index (χ0v) is 12.6. The molecule has 17 heavy (non-hydrogen) atoms. The second-order valence-corrected chi connectivity index (χ2v) is 5.39. The van der Waals surface area contributed by atoms with Gasteiger partial charge in [0.15, 0.2) is 0 Å². The summed E-state index contributed by atoms with van der Waals surface area (Å²) in [5.41, 5.74) is 5.05. The first kappa shape index (κ1) is 12.6. The van der Waals surface area contributed by atoms with Crippen molar-refractivity contribution in [2.45, 2.75) is 0 Å². The number of benzene rings is 2. The Morgan fingerprint density at radius 2 is 1.82 bits per heavy atom. The van der Waals surface area contributed by atoms with E-state index in [0.29, 0.717) is 0 Å². The summed E-state index contributed by atoms with van der Waals surface area (Å²) >= 11 is 5.80. The lowest BCUT2D eigenvalue weighted by Gasteiger charge is -2.02. The topological polar surface area (TPSA) is 24.4 Å². The maximum atomic E-state index is 4.22. The van der Waals surface area contributed by atoms with Gasteiger partial charge in [-0.15, -0.1) is 0 Å². The fourth-order valence-electron chi connectivity index (χ4n) is 1.32. The van der Waals surface area contributed by atoms with Crippen molar-refractivity contribution in [2.24, 2.45) is 5.10 Å². The van der Waals surface area contributed by atoms with Crippen LogP contribution < -0.4 is 5.43 Å². The lowest BCUT2D eigenvalue weighted by atomic mass is 10.2. The second kappa shape index (κ2) is 6.16. The molecule has 2 aromatic rings. The maximum Gasteiger partial charge on any atom is 0.0566 e. The Hall–Kier alpha value is -0.880. The SMILES string of the molecule is Brc1cccc(I)c1C=NNc1ccccc1. The van der Waals surface area contributed by atoms with Gasteiger partial charge in [0.05, 0.1) is 11.9 Å². The summed E-state index contributed by atoms with van der Waals surface area (Å²) in [5, 5.41) is 4.22. The Labute approximate surface area is 122 Å². The third kappa shape index (κ3) is 3.54. The van der Waals surface area contributed by atoms with Gasteiger partial charge in [0.1, 0.15) is 0 Å². The molecule has 0 saturated carbocycles. The van der Waals surface area contributed by atoms with Gasteiger partial charge in [0.2, 0.25) is 0 Å². The van der Waals surface area contributed by atoms with Gasteiger partial charge in [-0.1, -0.05) is 40.2 Å². The molecule has 0 atom stereocenters. The quantitative estimate of drug-likeness (QED) is 0.458. The van der Waals surface area contributed by atoms with Crippen molar-refractivity contribution < 1.29 is 0 Å². The zero-order valence-electron chi connectivity index (χ0n) is 8.90. The molecule has 0 heterocycles. The van der Waals surface area contributed by atoms with Crippen LogP contribution in [0, 0.1) is 3.57 Å². The molecular formula is C13H10BrIN2. The van der Waals surface area contributed by atoms with Crippen molar-refractivity contribution in [1.29, 1.82) is 0 Å².